The highest BCUT2D eigenvalue weighted by atomic mass is 32.1. The summed E-state index contributed by atoms with van der Waals surface area (Å²) in [6.45, 7) is 0.432. The Kier molecular flexibility index (Phi) is 3.33. The maximum Gasteiger partial charge on any atom is 0.416 e. The molecule has 2 nitrogen and oxygen atoms in total. The van der Waals surface area contributed by atoms with Gasteiger partial charge in [-0.1, -0.05) is 24.3 Å². The number of H-pyrrole nitrogens is 1. The monoisotopic (exact) mass is 308 g/mol. The van der Waals surface area contributed by atoms with Crippen LogP contribution in [0.15, 0.2) is 48.5 Å². The lowest BCUT2D eigenvalue weighted by atomic mass is 10.1. The van der Waals surface area contributed by atoms with Crippen molar-refractivity contribution in [3.8, 4) is 0 Å². The summed E-state index contributed by atoms with van der Waals surface area (Å²) in [5.41, 5.74) is 1.97. The Bertz CT molecular complexity index is 828. The lowest BCUT2D eigenvalue weighted by molar-refractivity contribution is -0.137. The summed E-state index contributed by atoms with van der Waals surface area (Å²) in [5, 5.41) is 0. The summed E-state index contributed by atoms with van der Waals surface area (Å²) in [7, 11) is 0. The summed E-state index contributed by atoms with van der Waals surface area (Å²) in [4.78, 5) is 3.08. The van der Waals surface area contributed by atoms with Crippen LogP contribution in [0.1, 0.15) is 11.1 Å². The number of benzene rings is 2. The lowest BCUT2D eigenvalue weighted by Gasteiger charge is -2.08. The van der Waals surface area contributed by atoms with E-state index in [-0.39, 0.29) is 0 Å². The van der Waals surface area contributed by atoms with Gasteiger partial charge in [-0.15, -0.1) is 0 Å². The van der Waals surface area contributed by atoms with Gasteiger partial charge in [0.25, 0.3) is 0 Å². The molecule has 3 aromatic rings. The molecule has 0 fully saturated rings. The second-order valence-electron chi connectivity index (χ2n) is 4.73. The molecule has 108 valence electrons. The molecular weight excluding hydrogens is 297 g/mol. The number of alkyl halides is 3. The van der Waals surface area contributed by atoms with Crippen LogP contribution in [0, 0.1) is 4.77 Å². The topological polar surface area (TPSA) is 20.7 Å². The zero-order valence-corrected chi connectivity index (χ0v) is 11.6. The summed E-state index contributed by atoms with van der Waals surface area (Å²) in [5.74, 6) is 0. The van der Waals surface area contributed by atoms with Gasteiger partial charge in [-0.3, -0.25) is 0 Å². The quantitative estimate of drug-likeness (QED) is 0.677. The van der Waals surface area contributed by atoms with Crippen molar-refractivity contribution in [2.24, 2.45) is 0 Å². The Morgan fingerprint density at radius 1 is 1.00 bits per heavy atom. The zero-order chi connectivity index (χ0) is 15.0. The molecular formula is C15H11F3N2S. The van der Waals surface area contributed by atoms with Crippen LogP contribution < -0.4 is 0 Å². The minimum Gasteiger partial charge on any atom is -0.331 e. The molecule has 2 aromatic carbocycles. The first-order chi connectivity index (χ1) is 9.95. The Balaban J connectivity index is 1.96. The van der Waals surface area contributed by atoms with Gasteiger partial charge in [0.2, 0.25) is 0 Å². The molecule has 0 spiro atoms. The van der Waals surface area contributed by atoms with Crippen molar-refractivity contribution in [1.82, 2.24) is 9.55 Å². The van der Waals surface area contributed by atoms with E-state index in [0.717, 1.165) is 28.7 Å². The number of para-hydroxylation sites is 2. The van der Waals surface area contributed by atoms with Crippen molar-refractivity contribution in [3.63, 3.8) is 0 Å². The van der Waals surface area contributed by atoms with Crippen LogP contribution >= 0.6 is 12.2 Å². The van der Waals surface area contributed by atoms with Crippen LogP contribution in [0.25, 0.3) is 11.0 Å². The molecule has 1 aromatic heterocycles. The number of aromatic amines is 1. The van der Waals surface area contributed by atoms with E-state index in [1.54, 1.807) is 0 Å². The molecule has 0 saturated heterocycles. The maximum atomic E-state index is 12.5. The highest BCUT2D eigenvalue weighted by Crippen LogP contribution is 2.29. The minimum absolute atomic E-state index is 0.432. The van der Waals surface area contributed by atoms with Gasteiger partial charge >= 0.3 is 6.18 Å². The fourth-order valence-electron chi connectivity index (χ4n) is 2.25. The largest absolute Gasteiger partial charge is 0.416 e. The fraction of sp³-hybridized carbons (Fsp3) is 0.133. The molecule has 1 heterocycles. The summed E-state index contributed by atoms with van der Waals surface area (Å²) in [6, 6.07) is 12.8. The molecule has 0 atom stereocenters. The van der Waals surface area contributed by atoms with E-state index < -0.39 is 11.7 Å². The molecule has 1 N–H and O–H groups in total. The van der Waals surface area contributed by atoms with Gasteiger partial charge in [-0.25, -0.2) is 0 Å². The number of imidazole rings is 1. The number of fused-ring (bicyclic) bond motifs is 1. The number of aromatic nitrogens is 2. The second kappa shape index (κ2) is 5.04. The molecule has 0 bridgehead atoms. The smallest absolute Gasteiger partial charge is 0.331 e. The average molecular weight is 308 g/mol. The zero-order valence-electron chi connectivity index (χ0n) is 10.8. The Hall–Kier alpha value is -2.08. The van der Waals surface area contributed by atoms with E-state index in [9.17, 15) is 13.2 Å². The van der Waals surface area contributed by atoms with Crippen molar-refractivity contribution in [2.75, 3.05) is 0 Å². The van der Waals surface area contributed by atoms with Crippen LogP contribution in [0.4, 0.5) is 13.2 Å². The van der Waals surface area contributed by atoms with E-state index in [4.69, 9.17) is 12.2 Å². The maximum absolute atomic E-state index is 12.5. The van der Waals surface area contributed by atoms with Crippen molar-refractivity contribution >= 4 is 23.3 Å². The molecule has 0 unspecified atom stereocenters. The van der Waals surface area contributed by atoms with Gasteiger partial charge < -0.3 is 9.55 Å². The Morgan fingerprint density at radius 2 is 1.67 bits per heavy atom. The molecule has 0 aliphatic carbocycles. The predicted molar refractivity (Wildman–Crippen MR) is 77.7 cm³/mol. The van der Waals surface area contributed by atoms with Gasteiger partial charge in [0.05, 0.1) is 23.1 Å². The third kappa shape index (κ3) is 2.71. The molecule has 3 rings (SSSR count). The van der Waals surface area contributed by atoms with Gasteiger partial charge in [0.1, 0.15) is 0 Å². The number of hydrogen-bond donors (Lipinski definition) is 1. The number of rotatable bonds is 2. The third-order valence-corrected chi connectivity index (χ3v) is 3.63. The van der Waals surface area contributed by atoms with Crippen molar-refractivity contribution in [2.45, 2.75) is 12.7 Å². The first-order valence-electron chi connectivity index (χ1n) is 6.29. The van der Waals surface area contributed by atoms with Crippen molar-refractivity contribution in [1.29, 1.82) is 0 Å². The lowest BCUT2D eigenvalue weighted by Crippen LogP contribution is -2.05. The first-order valence-corrected chi connectivity index (χ1v) is 6.70. The van der Waals surface area contributed by atoms with E-state index in [0.29, 0.717) is 11.3 Å². The predicted octanol–water partition coefficient (Wildman–Crippen LogP) is 4.77. The van der Waals surface area contributed by atoms with Crippen LogP contribution in [0.2, 0.25) is 0 Å². The first kappa shape index (κ1) is 13.9. The minimum atomic E-state index is -4.31. The number of hydrogen-bond acceptors (Lipinski definition) is 1. The van der Waals surface area contributed by atoms with Crippen LogP contribution in [-0.4, -0.2) is 9.55 Å². The van der Waals surface area contributed by atoms with E-state index >= 15 is 0 Å². The summed E-state index contributed by atoms with van der Waals surface area (Å²) >= 11 is 5.26. The Labute approximate surface area is 123 Å². The molecule has 21 heavy (non-hydrogen) atoms. The standard InChI is InChI=1S/C15H11F3N2S/c16-15(17,18)11-7-5-10(6-8-11)9-20-13-4-2-1-3-12(13)19-14(20)21/h1-8H,9H2,(H,19,21). The van der Waals surface area contributed by atoms with Gasteiger partial charge in [-0.05, 0) is 42.0 Å². The van der Waals surface area contributed by atoms with Gasteiger partial charge in [0, 0.05) is 0 Å². The normalized spacial score (nSPS) is 12.0. The van der Waals surface area contributed by atoms with Gasteiger partial charge in [0.15, 0.2) is 4.77 Å². The summed E-state index contributed by atoms with van der Waals surface area (Å²) in [6.07, 6.45) is -4.31. The molecule has 0 aliphatic rings. The number of halogens is 3. The number of nitrogens with one attached hydrogen (secondary N) is 1. The van der Waals surface area contributed by atoms with Crippen molar-refractivity contribution < 1.29 is 13.2 Å². The summed E-state index contributed by atoms with van der Waals surface area (Å²) < 4.78 is 40.0. The highest BCUT2D eigenvalue weighted by Gasteiger charge is 2.29. The number of nitrogens with zero attached hydrogens (tertiary/aromatic N) is 1. The molecule has 0 saturated carbocycles. The van der Waals surface area contributed by atoms with E-state index in [2.05, 4.69) is 4.98 Å². The van der Waals surface area contributed by atoms with Gasteiger partial charge in [-0.2, -0.15) is 13.2 Å². The fourth-order valence-corrected chi connectivity index (χ4v) is 2.52. The molecule has 0 amide bonds. The van der Waals surface area contributed by atoms with Crippen molar-refractivity contribution in [3.05, 3.63) is 64.4 Å². The van der Waals surface area contributed by atoms with E-state index in [1.165, 1.54) is 12.1 Å². The second-order valence-corrected chi connectivity index (χ2v) is 5.11. The Morgan fingerprint density at radius 3 is 2.33 bits per heavy atom. The molecule has 0 aliphatic heterocycles. The molecule has 0 radical (unpaired) electrons. The highest BCUT2D eigenvalue weighted by molar-refractivity contribution is 7.71. The van der Waals surface area contributed by atoms with E-state index in [1.807, 2.05) is 28.8 Å². The SMILES string of the molecule is FC(F)(F)c1ccc(Cn2c(=S)[nH]c3ccccc32)cc1. The van der Waals surface area contributed by atoms with Crippen LogP contribution in [-0.2, 0) is 12.7 Å². The average Bonchev–Trinajstić information content (AvgIpc) is 2.75. The molecule has 6 heteroatoms. The third-order valence-electron chi connectivity index (χ3n) is 3.30. The van der Waals surface area contributed by atoms with Crippen LogP contribution in [0.5, 0.6) is 0 Å². The van der Waals surface area contributed by atoms with Crippen LogP contribution in [0.3, 0.4) is 0 Å².